The summed E-state index contributed by atoms with van der Waals surface area (Å²) in [6.07, 6.45) is 2.28. The van der Waals surface area contributed by atoms with Gasteiger partial charge in [-0.3, -0.25) is 4.98 Å². The summed E-state index contributed by atoms with van der Waals surface area (Å²) >= 11 is 0. The molecule has 0 fully saturated rings. The van der Waals surface area contributed by atoms with Gasteiger partial charge in [0, 0.05) is 23.3 Å². The van der Waals surface area contributed by atoms with Gasteiger partial charge in [-0.05, 0) is 55.3 Å². The van der Waals surface area contributed by atoms with Crippen LogP contribution in [0.25, 0.3) is 10.9 Å². The zero-order valence-electron chi connectivity index (χ0n) is 17.7. The molecule has 3 aromatic carbocycles. The molecule has 1 heterocycles. The smallest absolute Gasteiger partial charge is 0.210 e. The summed E-state index contributed by atoms with van der Waals surface area (Å²) < 4.78 is 32.5. The van der Waals surface area contributed by atoms with Crippen molar-refractivity contribution in [3.8, 4) is 5.75 Å². The molecule has 4 rings (SSSR count). The second-order valence-corrected chi connectivity index (χ2v) is 9.29. The molecule has 0 radical (unpaired) electrons. The molecule has 0 aliphatic carbocycles. The van der Waals surface area contributed by atoms with Crippen molar-refractivity contribution >= 4 is 32.1 Å². The number of nitrogens with zero attached hydrogens (tertiary/aromatic N) is 1. The van der Waals surface area contributed by atoms with Crippen LogP contribution in [0.1, 0.15) is 18.1 Å². The van der Waals surface area contributed by atoms with Gasteiger partial charge in [-0.15, -0.1) is 0 Å². The maximum atomic E-state index is 13.6. The lowest BCUT2D eigenvalue weighted by Gasteiger charge is -2.16. The Morgan fingerprint density at radius 3 is 2.48 bits per heavy atom. The second kappa shape index (κ2) is 8.40. The van der Waals surface area contributed by atoms with Gasteiger partial charge in [-0.25, -0.2) is 8.42 Å². The molecular formula is C25H24N2O3S. The standard InChI is InChI=1S/C25H24N2O3S/c1-4-18-9-11-21(12-10-18)31(28,29)24-16-26-23-13-8-17(2)14-22(23)25(24)27-19-6-5-7-20(15-19)30-3/h5-16H,4H2,1-3H3,(H,26,27). The molecule has 0 atom stereocenters. The van der Waals surface area contributed by atoms with Crippen molar-refractivity contribution in [2.75, 3.05) is 12.4 Å². The largest absolute Gasteiger partial charge is 0.497 e. The van der Waals surface area contributed by atoms with E-state index in [0.717, 1.165) is 34.1 Å². The van der Waals surface area contributed by atoms with E-state index in [0.29, 0.717) is 11.4 Å². The maximum absolute atomic E-state index is 13.6. The Bertz CT molecular complexity index is 1350. The summed E-state index contributed by atoms with van der Waals surface area (Å²) in [4.78, 5) is 4.82. The Hall–Kier alpha value is -3.38. The SMILES string of the molecule is CCc1ccc(S(=O)(=O)c2cnc3ccc(C)cc3c2Nc2cccc(OC)c2)cc1. The summed E-state index contributed by atoms with van der Waals surface area (Å²) in [5, 5.41) is 4.06. The van der Waals surface area contributed by atoms with Gasteiger partial charge in [-0.2, -0.15) is 0 Å². The zero-order chi connectivity index (χ0) is 22.0. The lowest BCUT2D eigenvalue weighted by atomic mass is 10.1. The molecule has 0 saturated carbocycles. The fourth-order valence-corrected chi connectivity index (χ4v) is 4.87. The fraction of sp³-hybridized carbons (Fsp3) is 0.160. The van der Waals surface area contributed by atoms with Crippen LogP contribution in [0.2, 0.25) is 0 Å². The van der Waals surface area contributed by atoms with E-state index < -0.39 is 9.84 Å². The molecule has 158 valence electrons. The highest BCUT2D eigenvalue weighted by atomic mass is 32.2. The number of fused-ring (bicyclic) bond motifs is 1. The lowest BCUT2D eigenvalue weighted by Crippen LogP contribution is -2.07. The van der Waals surface area contributed by atoms with Crippen LogP contribution in [0, 0.1) is 6.92 Å². The number of benzene rings is 3. The van der Waals surface area contributed by atoms with E-state index in [1.807, 2.05) is 68.4 Å². The number of nitrogens with one attached hydrogen (secondary N) is 1. The van der Waals surface area contributed by atoms with E-state index >= 15 is 0 Å². The van der Waals surface area contributed by atoms with E-state index in [4.69, 9.17) is 4.74 Å². The Kier molecular flexibility index (Phi) is 5.65. The Balaban J connectivity index is 1.92. The van der Waals surface area contributed by atoms with Gasteiger partial charge in [0.05, 0.1) is 23.2 Å². The number of anilines is 2. The van der Waals surface area contributed by atoms with Crippen LogP contribution in [-0.4, -0.2) is 20.5 Å². The van der Waals surface area contributed by atoms with Crippen LogP contribution < -0.4 is 10.1 Å². The molecule has 0 aliphatic rings. The molecule has 0 unspecified atom stereocenters. The first-order chi connectivity index (χ1) is 14.9. The summed E-state index contributed by atoms with van der Waals surface area (Å²) in [5.74, 6) is 0.680. The number of methoxy groups -OCH3 is 1. The van der Waals surface area contributed by atoms with Gasteiger partial charge in [0.2, 0.25) is 9.84 Å². The number of sulfone groups is 1. The first-order valence-electron chi connectivity index (χ1n) is 10.1. The molecule has 1 aromatic heterocycles. The summed E-state index contributed by atoms with van der Waals surface area (Å²) in [6, 6.07) is 20.2. The molecule has 0 spiro atoms. The molecule has 1 N–H and O–H groups in total. The van der Waals surface area contributed by atoms with Crippen molar-refractivity contribution in [3.05, 3.63) is 84.1 Å². The van der Waals surface area contributed by atoms with E-state index in [9.17, 15) is 8.42 Å². The van der Waals surface area contributed by atoms with Crippen molar-refractivity contribution in [1.29, 1.82) is 0 Å². The Morgan fingerprint density at radius 1 is 1.00 bits per heavy atom. The third-order valence-electron chi connectivity index (χ3n) is 5.26. The summed E-state index contributed by atoms with van der Waals surface area (Å²) in [5.41, 5.74) is 4.05. The third kappa shape index (κ3) is 4.11. The molecule has 0 bridgehead atoms. The number of aromatic nitrogens is 1. The maximum Gasteiger partial charge on any atom is 0.210 e. The molecule has 5 nitrogen and oxygen atoms in total. The normalized spacial score (nSPS) is 11.5. The average Bonchev–Trinajstić information content (AvgIpc) is 2.79. The van der Waals surface area contributed by atoms with Gasteiger partial charge >= 0.3 is 0 Å². The number of hydrogen-bond donors (Lipinski definition) is 1. The van der Waals surface area contributed by atoms with Crippen molar-refractivity contribution in [1.82, 2.24) is 4.98 Å². The lowest BCUT2D eigenvalue weighted by molar-refractivity contribution is 0.415. The number of rotatable bonds is 6. The minimum absolute atomic E-state index is 0.137. The Labute approximate surface area is 182 Å². The van der Waals surface area contributed by atoms with Crippen LogP contribution in [-0.2, 0) is 16.3 Å². The molecule has 0 saturated heterocycles. The minimum Gasteiger partial charge on any atom is -0.497 e. The average molecular weight is 433 g/mol. The van der Waals surface area contributed by atoms with Crippen LogP contribution in [0.15, 0.2) is 82.7 Å². The second-order valence-electron chi connectivity index (χ2n) is 7.38. The molecule has 0 aliphatic heterocycles. The minimum atomic E-state index is -3.79. The highest BCUT2D eigenvalue weighted by Gasteiger charge is 2.24. The topological polar surface area (TPSA) is 68.3 Å². The van der Waals surface area contributed by atoms with E-state index in [1.54, 1.807) is 19.2 Å². The zero-order valence-corrected chi connectivity index (χ0v) is 18.5. The molecular weight excluding hydrogens is 408 g/mol. The van der Waals surface area contributed by atoms with Crippen LogP contribution >= 0.6 is 0 Å². The number of ether oxygens (including phenoxy) is 1. The first-order valence-corrected chi connectivity index (χ1v) is 11.5. The summed E-state index contributed by atoms with van der Waals surface area (Å²) in [7, 11) is -2.19. The Morgan fingerprint density at radius 2 is 1.77 bits per heavy atom. The first kappa shape index (κ1) is 20.9. The van der Waals surface area contributed by atoms with Crippen molar-refractivity contribution in [2.45, 2.75) is 30.1 Å². The van der Waals surface area contributed by atoms with Gasteiger partial charge in [0.25, 0.3) is 0 Å². The number of hydrogen-bond acceptors (Lipinski definition) is 5. The van der Waals surface area contributed by atoms with Gasteiger partial charge in [0.15, 0.2) is 0 Å². The van der Waals surface area contributed by atoms with E-state index in [1.165, 1.54) is 6.20 Å². The fourth-order valence-electron chi connectivity index (χ4n) is 3.50. The molecule has 6 heteroatoms. The molecule has 31 heavy (non-hydrogen) atoms. The third-order valence-corrected chi connectivity index (χ3v) is 7.04. The predicted molar refractivity (Wildman–Crippen MR) is 124 cm³/mol. The van der Waals surface area contributed by atoms with Crippen molar-refractivity contribution < 1.29 is 13.2 Å². The quantitative estimate of drug-likeness (QED) is 0.424. The van der Waals surface area contributed by atoms with Crippen molar-refractivity contribution in [2.24, 2.45) is 0 Å². The molecule has 4 aromatic rings. The monoisotopic (exact) mass is 432 g/mol. The van der Waals surface area contributed by atoms with E-state index in [-0.39, 0.29) is 9.79 Å². The highest BCUT2D eigenvalue weighted by molar-refractivity contribution is 7.91. The van der Waals surface area contributed by atoms with Gasteiger partial charge in [-0.1, -0.05) is 36.8 Å². The highest BCUT2D eigenvalue weighted by Crippen LogP contribution is 2.36. The molecule has 0 amide bonds. The predicted octanol–water partition coefficient (Wildman–Crippen LogP) is 5.69. The van der Waals surface area contributed by atoms with Crippen molar-refractivity contribution in [3.63, 3.8) is 0 Å². The number of pyridine rings is 1. The van der Waals surface area contributed by atoms with Crippen LogP contribution in [0.5, 0.6) is 5.75 Å². The van der Waals surface area contributed by atoms with Gasteiger partial charge < -0.3 is 10.1 Å². The number of aryl methyl sites for hydroxylation is 2. The summed E-state index contributed by atoms with van der Waals surface area (Å²) in [6.45, 7) is 4.01. The van der Waals surface area contributed by atoms with Crippen LogP contribution in [0.4, 0.5) is 11.4 Å². The van der Waals surface area contributed by atoms with Gasteiger partial charge in [0.1, 0.15) is 10.6 Å². The van der Waals surface area contributed by atoms with Crippen LogP contribution in [0.3, 0.4) is 0 Å². The van der Waals surface area contributed by atoms with E-state index in [2.05, 4.69) is 10.3 Å².